The van der Waals surface area contributed by atoms with Gasteiger partial charge in [0.25, 0.3) is 0 Å². The summed E-state index contributed by atoms with van der Waals surface area (Å²) >= 11 is 0. The molecule has 2 fully saturated rings. The number of carbonyl (C=O) groups is 3. The highest BCUT2D eigenvalue weighted by atomic mass is 16.4. The summed E-state index contributed by atoms with van der Waals surface area (Å²) in [6, 6.07) is -0.397. The van der Waals surface area contributed by atoms with Gasteiger partial charge < -0.3 is 15.3 Å². The summed E-state index contributed by atoms with van der Waals surface area (Å²) in [6.07, 6.45) is 1.81. The first kappa shape index (κ1) is 11.9. The molecule has 2 aliphatic rings. The van der Waals surface area contributed by atoms with Gasteiger partial charge in [0.1, 0.15) is 6.04 Å². The maximum Gasteiger partial charge on any atom is 0.303 e. The second-order valence-corrected chi connectivity index (χ2v) is 4.70. The Morgan fingerprint density at radius 1 is 1.41 bits per heavy atom. The molecule has 2 unspecified atom stereocenters. The van der Waals surface area contributed by atoms with Crippen molar-refractivity contribution in [3.8, 4) is 0 Å². The van der Waals surface area contributed by atoms with Gasteiger partial charge in [-0.3, -0.25) is 14.4 Å². The van der Waals surface area contributed by atoms with Gasteiger partial charge in [0.15, 0.2) is 0 Å². The summed E-state index contributed by atoms with van der Waals surface area (Å²) < 4.78 is 0. The summed E-state index contributed by atoms with van der Waals surface area (Å²) in [4.78, 5) is 35.3. The predicted octanol–water partition coefficient (Wildman–Crippen LogP) is -0.412. The van der Waals surface area contributed by atoms with Crippen molar-refractivity contribution in [3.63, 3.8) is 0 Å². The third-order valence-corrected chi connectivity index (χ3v) is 3.35. The Balaban J connectivity index is 1.85. The van der Waals surface area contributed by atoms with Crippen LogP contribution < -0.4 is 5.32 Å². The molecule has 2 saturated heterocycles. The van der Waals surface area contributed by atoms with Gasteiger partial charge in [0, 0.05) is 25.9 Å². The number of nitrogens with zero attached hydrogens (tertiary/aromatic N) is 1. The van der Waals surface area contributed by atoms with Crippen LogP contribution in [0, 0.1) is 5.92 Å². The SMILES string of the molecule is O=C(O)CC1CCN(C(=O)C2CCC(=O)N2)C1. The maximum atomic E-state index is 12.0. The van der Waals surface area contributed by atoms with E-state index in [2.05, 4.69) is 5.32 Å². The van der Waals surface area contributed by atoms with Crippen molar-refractivity contribution in [1.29, 1.82) is 0 Å². The van der Waals surface area contributed by atoms with E-state index < -0.39 is 12.0 Å². The van der Waals surface area contributed by atoms with E-state index in [9.17, 15) is 14.4 Å². The monoisotopic (exact) mass is 240 g/mol. The van der Waals surface area contributed by atoms with Crippen molar-refractivity contribution < 1.29 is 19.5 Å². The van der Waals surface area contributed by atoms with Crippen LogP contribution in [0.4, 0.5) is 0 Å². The standard InChI is InChI=1S/C11H16N2O4/c14-9-2-1-8(12-9)11(17)13-4-3-7(6-13)5-10(15)16/h7-8H,1-6H2,(H,12,14)(H,15,16). The first-order valence-electron chi connectivity index (χ1n) is 5.86. The average molecular weight is 240 g/mol. The molecule has 6 heteroatoms. The zero-order valence-electron chi connectivity index (χ0n) is 9.52. The molecular weight excluding hydrogens is 224 g/mol. The van der Waals surface area contributed by atoms with E-state index in [0.717, 1.165) is 6.42 Å². The van der Waals surface area contributed by atoms with E-state index in [0.29, 0.717) is 25.9 Å². The fourth-order valence-corrected chi connectivity index (χ4v) is 2.47. The Kier molecular flexibility index (Phi) is 3.31. The molecule has 94 valence electrons. The van der Waals surface area contributed by atoms with Crippen molar-refractivity contribution in [2.24, 2.45) is 5.92 Å². The Labute approximate surface area is 99.0 Å². The Morgan fingerprint density at radius 2 is 2.18 bits per heavy atom. The van der Waals surface area contributed by atoms with Crippen molar-refractivity contribution in [3.05, 3.63) is 0 Å². The van der Waals surface area contributed by atoms with Crippen LogP contribution in [0.2, 0.25) is 0 Å². The third-order valence-electron chi connectivity index (χ3n) is 3.35. The van der Waals surface area contributed by atoms with Crippen molar-refractivity contribution in [2.75, 3.05) is 13.1 Å². The maximum absolute atomic E-state index is 12.0. The second-order valence-electron chi connectivity index (χ2n) is 4.70. The fraction of sp³-hybridized carbons (Fsp3) is 0.727. The van der Waals surface area contributed by atoms with Crippen LogP contribution in [0.15, 0.2) is 0 Å². The molecule has 17 heavy (non-hydrogen) atoms. The summed E-state index contributed by atoms with van der Waals surface area (Å²) in [5.41, 5.74) is 0. The molecule has 0 bridgehead atoms. The molecule has 2 rings (SSSR count). The van der Waals surface area contributed by atoms with E-state index >= 15 is 0 Å². The van der Waals surface area contributed by atoms with Crippen LogP contribution >= 0.6 is 0 Å². The highest BCUT2D eigenvalue weighted by Gasteiger charge is 2.34. The Morgan fingerprint density at radius 3 is 2.76 bits per heavy atom. The van der Waals surface area contributed by atoms with E-state index in [1.54, 1.807) is 4.90 Å². The van der Waals surface area contributed by atoms with E-state index in [1.807, 2.05) is 0 Å². The lowest BCUT2D eigenvalue weighted by Crippen LogP contribution is -2.43. The molecule has 2 N–H and O–H groups in total. The summed E-state index contributed by atoms with van der Waals surface area (Å²) in [7, 11) is 0. The lowest BCUT2D eigenvalue weighted by molar-refractivity contribution is -0.138. The first-order valence-corrected chi connectivity index (χ1v) is 5.86. The normalized spacial score (nSPS) is 28.2. The number of carboxylic acid groups (broad SMARTS) is 1. The Bertz CT molecular complexity index is 355. The lowest BCUT2D eigenvalue weighted by atomic mass is 10.1. The van der Waals surface area contributed by atoms with Crippen LogP contribution in [0.3, 0.4) is 0 Å². The molecular formula is C11H16N2O4. The van der Waals surface area contributed by atoms with Gasteiger partial charge in [0.05, 0.1) is 0 Å². The largest absolute Gasteiger partial charge is 0.481 e. The highest BCUT2D eigenvalue weighted by molar-refractivity contribution is 5.91. The smallest absolute Gasteiger partial charge is 0.303 e. The number of amides is 2. The van der Waals surface area contributed by atoms with Crippen LogP contribution in [-0.4, -0.2) is 46.9 Å². The molecule has 6 nitrogen and oxygen atoms in total. The van der Waals surface area contributed by atoms with Gasteiger partial charge in [0.2, 0.25) is 11.8 Å². The molecule has 0 aliphatic carbocycles. The summed E-state index contributed by atoms with van der Waals surface area (Å²) in [5, 5.41) is 11.3. The van der Waals surface area contributed by atoms with Crippen LogP contribution in [0.5, 0.6) is 0 Å². The van der Waals surface area contributed by atoms with Crippen LogP contribution in [-0.2, 0) is 14.4 Å². The topological polar surface area (TPSA) is 86.7 Å². The Hall–Kier alpha value is -1.59. The summed E-state index contributed by atoms with van der Waals surface area (Å²) in [6.45, 7) is 1.10. The van der Waals surface area contributed by atoms with Crippen LogP contribution in [0.1, 0.15) is 25.7 Å². The number of rotatable bonds is 3. The van der Waals surface area contributed by atoms with E-state index in [4.69, 9.17) is 5.11 Å². The van der Waals surface area contributed by atoms with Gasteiger partial charge in [-0.15, -0.1) is 0 Å². The zero-order valence-corrected chi connectivity index (χ0v) is 9.52. The summed E-state index contributed by atoms with van der Waals surface area (Å²) in [5.74, 6) is -0.916. The molecule has 0 radical (unpaired) electrons. The molecule has 0 spiro atoms. The van der Waals surface area contributed by atoms with E-state index in [-0.39, 0.29) is 24.2 Å². The molecule has 0 aromatic rings. The average Bonchev–Trinajstić information content (AvgIpc) is 2.85. The number of hydrogen-bond donors (Lipinski definition) is 2. The van der Waals surface area contributed by atoms with Gasteiger partial charge in [-0.1, -0.05) is 0 Å². The van der Waals surface area contributed by atoms with Gasteiger partial charge >= 0.3 is 5.97 Å². The van der Waals surface area contributed by atoms with Crippen LogP contribution in [0.25, 0.3) is 0 Å². The molecule has 2 aliphatic heterocycles. The number of carbonyl (C=O) groups excluding carboxylic acids is 2. The first-order chi connectivity index (χ1) is 8.06. The van der Waals surface area contributed by atoms with Crippen molar-refractivity contribution >= 4 is 17.8 Å². The molecule has 0 saturated carbocycles. The number of likely N-dealkylation sites (tertiary alicyclic amines) is 1. The predicted molar refractivity (Wildman–Crippen MR) is 58.1 cm³/mol. The molecule has 2 heterocycles. The van der Waals surface area contributed by atoms with Gasteiger partial charge in [-0.05, 0) is 18.8 Å². The fourth-order valence-electron chi connectivity index (χ4n) is 2.47. The highest BCUT2D eigenvalue weighted by Crippen LogP contribution is 2.21. The van der Waals surface area contributed by atoms with E-state index in [1.165, 1.54) is 0 Å². The van der Waals surface area contributed by atoms with Gasteiger partial charge in [-0.25, -0.2) is 0 Å². The number of aliphatic carboxylic acids is 1. The minimum absolute atomic E-state index is 0.0496. The minimum Gasteiger partial charge on any atom is -0.481 e. The number of carboxylic acids is 1. The number of nitrogens with one attached hydrogen (secondary N) is 1. The lowest BCUT2D eigenvalue weighted by Gasteiger charge is -2.20. The molecule has 2 amide bonds. The third kappa shape index (κ3) is 2.75. The quantitative estimate of drug-likeness (QED) is 0.702. The van der Waals surface area contributed by atoms with Crippen molar-refractivity contribution in [2.45, 2.75) is 31.7 Å². The molecule has 0 aromatic heterocycles. The number of hydrogen-bond acceptors (Lipinski definition) is 3. The van der Waals surface area contributed by atoms with Gasteiger partial charge in [-0.2, -0.15) is 0 Å². The molecule has 2 atom stereocenters. The van der Waals surface area contributed by atoms with Crippen molar-refractivity contribution in [1.82, 2.24) is 10.2 Å². The second kappa shape index (κ2) is 4.73. The minimum atomic E-state index is -0.821. The molecule has 0 aromatic carbocycles. The zero-order chi connectivity index (χ0) is 12.4.